The number of fused-ring (bicyclic) bond motifs is 3. The van der Waals surface area contributed by atoms with Gasteiger partial charge in [-0.1, -0.05) is 66.7 Å². The molecule has 4 aromatic carbocycles. The van der Waals surface area contributed by atoms with Crippen molar-refractivity contribution in [1.82, 2.24) is 9.97 Å². The van der Waals surface area contributed by atoms with Crippen molar-refractivity contribution in [3.05, 3.63) is 126 Å². The van der Waals surface area contributed by atoms with Crippen molar-refractivity contribution in [3.63, 3.8) is 0 Å². The fraction of sp³-hybridized carbons (Fsp3) is 0.121. The number of carbonyl (C=O) groups is 2. The van der Waals surface area contributed by atoms with E-state index >= 15 is 0 Å². The summed E-state index contributed by atoms with van der Waals surface area (Å²) in [4.78, 5) is 38.7. The maximum absolute atomic E-state index is 13.7. The maximum atomic E-state index is 13.7. The summed E-state index contributed by atoms with van der Waals surface area (Å²) in [6, 6.07) is 32.7. The lowest BCUT2D eigenvalue weighted by atomic mass is 9.99. The van der Waals surface area contributed by atoms with Gasteiger partial charge in [-0.05, 0) is 54.4 Å². The van der Waals surface area contributed by atoms with Gasteiger partial charge in [0.15, 0.2) is 0 Å². The molecule has 0 atom stereocenters. The maximum Gasteiger partial charge on any atom is 0.258 e. The van der Waals surface area contributed by atoms with Gasteiger partial charge in [0.05, 0.1) is 11.4 Å². The first kappa shape index (κ1) is 24.4. The van der Waals surface area contributed by atoms with Crippen LogP contribution in [0.2, 0.25) is 0 Å². The molecule has 1 aromatic heterocycles. The van der Waals surface area contributed by atoms with Gasteiger partial charge >= 0.3 is 0 Å². The van der Waals surface area contributed by atoms with Crippen molar-refractivity contribution in [3.8, 4) is 22.4 Å². The highest BCUT2D eigenvalue weighted by Crippen LogP contribution is 2.36. The van der Waals surface area contributed by atoms with E-state index in [1.54, 1.807) is 24.1 Å². The van der Waals surface area contributed by atoms with Crippen LogP contribution in [0.4, 0.5) is 11.4 Å². The van der Waals surface area contributed by atoms with Crippen LogP contribution in [0.3, 0.4) is 0 Å². The predicted molar refractivity (Wildman–Crippen MR) is 155 cm³/mol. The lowest BCUT2D eigenvalue weighted by Crippen LogP contribution is -2.32. The highest BCUT2D eigenvalue weighted by molar-refractivity contribution is 6.11. The standard InChI is InChI=1S/C33H28N4O2/c1-22-34-29-20-21-37(30-15-9-8-14-28(30)31(29)35-22)32(38)24-16-18-25(19-17-24)36(2)33(39)27-13-7-6-12-26(27)23-10-4-3-5-11-23/h3-19H,20-21H2,1-2H3,(H,34,35). The first-order chi connectivity index (χ1) is 19.0. The van der Waals surface area contributed by atoms with Crippen LogP contribution in [0.25, 0.3) is 22.4 Å². The second-order valence-corrected chi connectivity index (χ2v) is 9.70. The van der Waals surface area contributed by atoms with Crippen LogP contribution in [0, 0.1) is 6.92 Å². The normalized spacial score (nSPS) is 12.3. The number of rotatable bonds is 4. The van der Waals surface area contributed by atoms with E-state index in [1.807, 2.05) is 103 Å². The third kappa shape index (κ3) is 4.50. The summed E-state index contributed by atoms with van der Waals surface area (Å²) in [5.41, 5.74) is 7.52. The summed E-state index contributed by atoms with van der Waals surface area (Å²) in [5, 5.41) is 0. The molecule has 0 radical (unpaired) electrons. The molecule has 0 saturated heterocycles. The molecule has 0 fully saturated rings. The number of hydrogen-bond acceptors (Lipinski definition) is 3. The number of nitrogens with one attached hydrogen (secondary N) is 1. The number of imidazole rings is 1. The molecule has 6 heteroatoms. The molecule has 0 spiro atoms. The third-order valence-electron chi connectivity index (χ3n) is 7.23. The molecule has 1 aliphatic rings. The monoisotopic (exact) mass is 512 g/mol. The molecule has 1 N–H and O–H groups in total. The molecule has 0 aliphatic carbocycles. The smallest absolute Gasteiger partial charge is 0.258 e. The van der Waals surface area contributed by atoms with E-state index in [2.05, 4.69) is 9.97 Å². The number of hydrogen-bond donors (Lipinski definition) is 1. The van der Waals surface area contributed by atoms with E-state index in [1.165, 1.54) is 0 Å². The topological polar surface area (TPSA) is 69.3 Å². The Balaban J connectivity index is 1.26. The lowest BCUT2D eigenvalue weighted by molar-refractivity contribution is 0.0983. The number of aromatic amines is 1. The Morgan fingerprint density at radius 3 is 2.26 bits per heavy atom. The van der Waals surface area contributed by atoms with Gasteiger partial charge in [0.1, 0.15) is 5.82 Å². The molecule has 0 unspecified atom stereocenters. The predicted octanol–water partition coefficient (Wildman–Crippen LogP) is 6.53. The summed E-state index contributed by atoms with van der Waals surface area (Å²) < 4.78 is 0. The summed E-state index contributed by atoms with van der Waals surface area (Å²) >= 11 is 0. The number of benzene rings is 4. The number of aromatic nitrogens is 2. The number of H-pyrrole nitrogens is 1. The minimum absolute atomic E-state index is 0.0840. The SMILES string of the molecule is Cc1nc2c([nH]1)CCN(C(=O)c1ccc(N(C)C(=O)c3ccccc3-c3ccccc3)cc1)c1ccccc1-2. The molecule has 0 bridgehead atoms. The largest absolute Gasteiger partial charge is 0.346 e. The lowest BCUT2D eigenvalue weighted by Gasteiger charge is -2.24. The van der Waals surface area contributed by atoms with Gasteiger partial charge in [-0.15, -0.1) is 0 Å². The molecule has 192 valence electrons. The first-order valence-electron chi connectivity index (χ1n) is 13.0. The van der Waals surface area contributed by atoms with Crippen molar-refractivity contribution >= 4 is 23.2 Å². The average molecular weight is 513 g/mol. The van der Waals surface area contributed by atoms with E-state index < -0.39 is 0 Å². The van der Waals surface area contributed by atoms with Gasteiger partial charge in [0.25, 0.3) is 11.8 Å². The Morgan fingerprint density at radius 1 is 0.821 bits per heavy atom. The van der Waals surface area contributed by atoms with Crippen LogP contribution in [0.1, 0.15) is 32.2 Å². The van der Waals surface area contributed by atoms with Crippen LogP contribution >= 0.6 is 0 Å². The van der Waals surface area contributed by atoms with E-state index in [4.69, 9.17) is 0 Å². The quantitative estimate of drug-likeness (QED) is 0.298. The van der Waals surface area contributed by atoms with Crippen molar-refractivity contribution in [2.24, 2.45) is 0 Å². The van der Waals surface area contributed by atoms with Crippen molar-refractivity contribution in [1.29, 1.82) is 0 Å². The molecule has 1 aliphatic heterocycles. The zero-order valence-electron chi connectivity index (χ0n) is 21.9. The van der Waals surface area contributed by atoms with Gasteiger partial charge < -0.3 is 14.8 Å². The van der Waals surface area contributed by atoms with Crippen molar-refractivity contribution in [2.45, 2.75) is 13.3 Å². The zero-order valence-corrected chi connectivity index (χ0v) is 21.9. The molecule has 6 nitrogen and oxygen atoms in total. The van der Waals surface area contributed by atoms with Crippen LogP contribution in [-0.4, -0.2) is 35.4 Å². The molecule has 2 amide bonds. The third-order valence-corrected chi connectivity index (χ3v) is 7.23. The Morgan fingerprint density at radius 2 is 1.49 bits per heavy atom. The van der Waals surface area contributed by atoms with Gasteiger partial charge in [0.2, 0.25) is 0 Å². The summed E-state index contributed by atoms with van der Waals surface area (Å²) in [6.07, 6.45) is 0.687. The number of aryl methyl sites for hydroxylation is 1. The van der Waals surface area contributed by atoms with Crippen LogP contribution in [0.5, 0.6) is 0 Å². The van der Waals surface area contributed by atoms with Gasteiger partial charge in [-0.3, -0.25) is 9.59 Å². The number of nitrogens with zero attached hydrogens (tertiary/aromatic N) is 3. The fourth-order valence-corrected chi connectivity index (χ4v) is 5.23. The Labute approximate surface area is 227 Å². The molecular formula is C33H28N4O2. The van der Waals surface area contributed by atoms with E-state index in [0.29, 0.717) is 29.8 Å². The molecule has 2 heterocycles. The Hall–Kier alpha value is -4.97. The van der Waals surface area contributed by atoms with Crippen LogP contribution in [0.15, 0.2) is 103 Å². The minimum atomic E-state index is -0.112. The van der Waals surface area contributed by atoms with Crippen LogP contribution in [-0.2, 0) is 6.42 Å². The van der Waals surface area contributed by atoms with Crippen molar-refractivity contribution in [2.75, 3.05) is 23.4 Å². The van der Waals surface area contributed by atoms with Gasteiger partial charge in [-0.25, -0.2) is 4.98 Å². The molecule has 39 heavy (non-hydrogen) atoms. The minimum Gasteiger partial charge on any atom is -0.346 e. The van der Waals surface area contributed by atoms with Crippen LogP contribution < -0.4 is 9.80 Å². The summed E-state index contributed by atoms with van der Waals surface area (Å²) in [6.45, 7) is 2.49. The molecule has 0 saturated carbocycles. The fourth-order valence-electron chi connectivity index (χ4n) is 5.23. The number of para-hydroxylation sites is 1. The number of carbonyl (C=O) groups excluding carboxylic acids is 2. The first-order valence-corrected chi connectivity index (χ1v) is 13.0. The van der Waals surface area contributed by atoms with Crippen molar-refractivity contribution < 1.29 is 9.59 Å². The molecular weight excluding hydrogens is 484 g/mol. The Kier molecular flexibility index (Phi) is 6.29. The second kappa shape index (κ2) is 10.1. The summed E-state index contributed by atoms with van der Waals surface area (Å²) in [5.74, 6) is 0.674. The highest BCUT2D eigenvalue weighted by atomic mass is 16.2. The average Bonchev–Trinajstić information content (AvgIpc) is 3.30. The zero-order chi connectivity index (χ0) is 26.9. The highest BCUT2D eigenvalue weighted by Gasteiger charge is 2.27. The van der Waals surface area contributed by atoms with E-state index in [0.717, 1.165) is 39.6 Å². The molecule has 5 aromatic rings. The van der Waals surface area contributed by atoms with E-state index in [9.17, 15) is 9.59 Å². The number of anilines is 2. The summed E-state index contributed by atoms with van der Waals surface area (Å²) in [7, 11) is 1.76. The van der Waals surface area contributed by atoms with Gasteiger partial charge in [-0.2, -0.15) is 0 Å². The number of amides is 2. The second-order valence-electron chi connectivity index (χ2n) is 9.70. The Bertz CT molecular complexity index is 1670. The van der Waals surface area contributed by atoms with Gasteiger partial charge in [0, 0.05) is 48.1 Å². The van der Waals surface area contributed by atoms with E-state index in [-0.39, 0.29) is 11.8 Å². The molecule has 6 rings (SSSR count).